The highest BCUT2D eigenvalue weighted by molar-refractivity contribution is 5.91. The van der Waals surface area contributed by atoms with E-state index in [-0.39, 0.29) is 11.6 Å². The van der Waals surface area contributed by atoms with E-state index in [0.29, 0.717) is 28.9 Å². The molecule has 3 aromatic rings. The third-order valence-electron chi connectivity index (χ3n) is 5.12. The standard InChI is InChI=1S/C21H22FN3O/c1-13(2)18-7-5-11-25(18)21-16-12-14(22)9-10-17(16)23-20(24-21)15-6-3-4-8-19(15)26/h3-4,6,8-10,12-13,18,26H,5,7,11H2,1-2H3/t18-/m1/s1. The first-order chi connectivity index (χ1) is 12.5. The Bertz CT molecular complexity index is 957. The van der Waals surface area contributed by atoms with Crippen molar-refractivity contribution >= 4 is 16.7 Å². The van der Waals surface area contributed by atoms with Gasteiger partial charge in [0.05, 0.1) is 11.1 Å². The van der Waals surface area contributed by atoms with Gasteiger partial charge in [0.1, 0.15) is 17.4 Å². The van der Waals surface area contributed by atoms with E-state index in [9.17, 15) is 9.50 Å². The molecule has 0 unspecified atom stereocenters. The third kappa shape index (κ3) is 2.87. The van der Waals surface area contributed by atoms with Crippen LogP contribution in [0.1, 0.15) is 26.7 Å². The van der Waals surface area contributed by atoms with Crippen molar-refractivity contribution in [1.29, 1.82) is 0 Å². The number of fused-ring (bicyclic) bond motifs is 1. The molecule has 0 radical (unpaired) electrons. The lowest BCUT2D eigenvalue weighted by atomic mass is 10.0. The molecule has 1 aliphatic heterocycles. The van der Waals surface area contributed by atoms with E-state index in [0.717, 1.165) is 30.6 Å². The summed E-state index contributed by atoms with van der Waals surface area (Å²) < 4.78 is 13.9. The van der Waals surface area contributed by atoms with E-state index in [2.05, 4.69) is 23.7 Å². The minimum Gasteiger partial charge on any atom is -0.507 e. The van der Waals surface area contributed by atoms with Gasteiger partial charge < -0.3 is 10.0 Å². The fourth-order valence-electron chi connectivity index (χ4n) is 3.84. The topological polar surface area (TPSA) is 49.2 Å². The molecule has 4 nitrogen and oxygen atoms in total. The minimum atomic E-state index is -0.294. The second kappa shape index (κ2) is 6.56. The molecule has 1 aliphatic rings. The van der Waals surface area contributed by atoms with E-state index >= 15 is 0 Å². The number of hydrogen-bond donors (Lipinski definition) is 1. The summed E-state index contributed by atoms with van der Waals surface area (Å²) in [5, 5.41) is 10.9. The maximum Gasteiger partial charge on any atom is 0.165 e. The van der Waals surface area contributed by atoms with E-state index in [4.69, 9.17) is 4.98 Å². The van der Waals surface area contributed by atoms with Gasteiger partial charge >= 0.3 is 0 Å². The van der Waals surface area contributed by atoms with Gasteiger partial charge in [0.25, 0.3) is 0 Å². The first kappa shape index (κ1) is 16.8. The Morgan fingerprint density at radius 3 is 2.73 bits per heavy atom. The molecule has 5 heteroatoms. The second-order valence-electron chi connectivity index (χ2n) is 7.20. The van der Waals surface area contributed by atoms with Crippen molar-refractivity contribution < 1.29 is 9.50 Å². The lowest BCUT2D eigenvalue weighted by molar-refractivity contribution is 0.476. The first-order valence-corrected chi connectivity index (χ1v) is 9.07. The van der Waals surface area contributed by atoms with Crippen molar-refractivity contribution in [3.05, 3.63) is 48.3 Å². The molecule has 1 fully saturated rings. The van der Waals surface area contributed by atoms with Crippen LogP contribution >= 0.6 is 0 Å². The van der Waals surface area contributed by atoms with Crippen LogP contribution in [0.3, 0.4) is 0 Å². The van der Waals surface area contributed by atoms with Gasteiger partial charge in [-0.3, -0.25) is 0 Å². The molecule has 26 heavy (non-hydrogen) atoms. The lowest BCUT2D eigenvalue weighted by Gasteiger charge is -2.30. The number of phenols is 1. The Labute approximate surface area is 152 Å². The SMILES string of the molecule is CC(C)[C@H]1CCCN1c1nc(-c2ccccc2O)nc2ccc(F)cc12. The van der Waals surface area contributed by atoms with E-state index in [1.165, 1.54) is 12.1 Å². The number of hydrogen-bond acceptors (Lipinski definition) is 4. The molecular formula is C21H22FN3O. The molecule has 4 rings (SSSR count). The van der Waals surface area contributed by atoms with Crippen molar-refractivity contribution in [1.82, 2.24) is 9.97 Å². The maximum atomic E-state index is 13.9. The molecule has 1 saturated heterocycles. The molecule has 0 saturated carbocycles. The number of phenolic OH excluding ortho intramolecular Hbond substituents is 1. The summed E-state index contributed by atoms with van der Waals surface area (Å²) in [6.07, 6.45) is 2.19. The third-order valence-corrected chi connectivity index (χ3v) is 5.12. The Balaban J connectivity index is 1.95. The molecule has 0 aliphatic carbocycles. The summed E-state index contributed by atoms with van der Waals surface area (Å²) >= 11 is 0. The van der Waals surface area contributed by atoms with Gasteiger partial charge in [-0.05, 0) is 49.1 Å². The van der Waals surface area contributed by atoms with Crippen LogP contribution in [-0.4, -0.2) is 27.7 Å². The number of halogens is 1. The number of benzene rings is 2. The number of aromatic nitrogens is 2. The van der Waals surface area contributed by atoms with Crippen LogP contribution in [0.2, 0.25) is 0 Å². The molecule has 2 heterocycles. The lowest BCUT2D eigenvalue weighted by Crippen LogP contribution is -2.34. The normalized spacial score (nSPS) is 17.4. The van der Waals surface area contributed by atoms with Crippen LogP contribution in [0.25, 0.3) is 22.3 Å². The summed E-state index contributed by atoms with van der Waals surface area (Å²) in [5.41, 5.74) is 1.27. The predicted molar refractivity (Wildman–Crippen MR) is 102 cm³/mol. The fourth-order valence-corrected chi connectivity index (χ4v) is 3.84. The highest BCUT2D eigenvalue weighted by Gasteiger charge is 2.30. The smallest absolute Gasteiger partial charge is 0.165 e. The zero-order chi connectivity index (χ0) is 18.3. The van der Waals surface area contributed by atoms with Gasteiger partial charge in [-0.25, -0.2) is 14.4 Å². The largest absolute Gasteiger partial charge is 0.507 e. The number of anilines is 1. The zero-order valence-corrected chi connectivity index (χ0v) is 15.0. The molecule has 0 spiro atoms. The summed E-state index contributed by atoms with van der Waals surface area (Å²) in [6, 6.07) is 12.0. The van der Waals surface area contributed by atoms with Crippen LogP contribution < -0.4 is 4.90 Å². The van der Waals surface area contributed by atoms with Gasteiger partial charge in [0, 0.05) is 18.0 Å². The summed E-state index contributed by atoms with van der Waals surface area (Å²) in [6.45, 7) is 5.31. The van der Waals surface area contributed by atoms with Crippen LogP contribution in [0, 0.1) is 11.7 Å². The van der Waals surface area contributed by atoms with Gasteiger partial charge in [0.15, 0.2) is 5.82 Å². The molecule has 1 aromatic heterocycles. The van der Waals surface area contributed by atoms with Crippen LogP contribution in [-0.2, 0) is 0 Å². The average molecular weight is 351 g/mol. The van der Waals surface area contributed by atoms with Crippen molar-refractivity contribution in [2.24, 2.45) is 5.92 Å². The molecule has 1 atom stereocenters. The molecule has 2 aromatic carbocycles. The highest BCUT2D eigenvalue weighted by Crippen LogP contribution is 2.36. The summed E-state index contributed by atoms with van der Waals surface area (Å²) in [5.74, 6) is 1.54. The van der Waals surface area contributed by atoms with Crippen molar-refractivity contribution in [3.8, 4) is 17.1 Å². The van der Waals surface area contributed by atoms with Crippen LogP contribution in [0.5, 0.6) is 5.75 Å². The maximum absolute atomic E-state index is 13.9. The van der Waals surface area contributed by atoms with Crippen molar-refractivity contribution in [3.63, 3.8) is 0 Å². The van der Waals surface area contributed by atoms with E-state index in [1.807, 2.05) is 6.07 Å². The fraction of sp³-hybridized carbons (Fsp3) is 0.333. The number of aromatic hydroxyl groups is 1. The zero-order valence-electron chi connectivity index (χ0n) is 15.0. The van der Waals surface area contributed by atoms with Crippen molar-refractivity contribution in [2.75, 3.05) is 11.4 Å². The second-order valence-corrected chi connectivity index (χ2v) is 7.20. The van der Waals surface area contributed by atoms with Gasteiger partial charge in [-0.1, -0.05) is 26.0 Å². The van der Waals surface area contributed by atoms with Crippen LogP contribution in [0.15, 0.2) is 42.5 Å². The molecule has 134 valence electrons. The van der Waals surface area contributed by atoms with E-state index < -0.39 is 0 Å². The van der Waals surface area contributed by atoms with Gasteiger partial charge in [0.2, 0.25) is 0 Å². The predicted octanol–water partition coefficient (Wildman–Crippen LogP) is 4.77. The number of nitrogens with zero attached hydrogens (tertiary/aromatic N) is 3. The highest BCUT2D eigenvalue weighted by atomic mass is 19.1. The molecule has 1 N–H and O–H groups in total. The monoisotopic (exact) mass is 351 g/mol. The molecule has 0 amide bonds. The van der Waals surface area contributed by atoms with Crippen LogP contribution in [0.4, 0.5) is 10.2 Å². The van der Waals surface area contributed by atoms with Gasteiger partial charge in [-0.15, -0.1) is 0 Å². The Morgan fingerprint density at radius 2 is 1.96 bits per heavy atom. The number of rotatable bonds is 3. The molecular weight excluding hydrogens is 329 g/mol. The summed E-state index contributed by atoms with van der Waals surface area (Å²) in [4.78, 5) is 11.6. The number of para-hydroxylation sites is 1. The average Bonchev–Trinajstić information content (AvgIpc) is 3.11. The van der Waals surface area contributed by atoms with E-state index in [1.54, 1.807) is 24.3 Å². The van der Waals surface area contributed by atoms with Gasteiger partial charge in [-0.2, -0.15) is 0 Å². The van der Waals surface area contributed by atoms with Crippen molar-refractivity contribution in [2.45, 2.75) is 32.7 Å². The minimum absolute atomic E-state index is 0.141. The first-order valence-electron chi connectivity index (χ1n) is 9.07. The quantitative estimate of drug-likeness (QED) is 0.739. The summed E-state index contributed by atoms with van der Waals surface area (Å²) in [7, 11) is 0. The Kier molecular flexibility index (Phi) is 4.23. The Hall–Kier alpha value is -2.69. The molecule has 0 bridgehead atoms. The Morgan fingerprint density at radius 1 is 1.15 bits per heavy atom.